The van der Waals surface area contributed by atoms with E-state index in [1.165, 1.54) is 44.3 Å². The van der Waals surface area contributed by atoms with Gasteiger partial charge in [0.15, 0.2) is 0 Å². The molecule has 0 atom stereocenters. The van der Waals surface area contributed by atoms with Crippen molar-refractivity contribution in [2.75, 3.05) is 18.1 Å². The number of thioether (sulfide) groups is 1. The van der Waals surface area contributed by atoms with E-state index in [-0.39, 0.29) is 0 Å². The first kappa shape index (κ1) is 10.4. The van der Waals surface area contributed by atoms with Gasteiger partial charge in [-0.3, -0.25) is 0 Å². The number of hydrogen-bond acceptors (Lipinski definition) is 2. The number of hydrogen-bond donors (Lipinski definition) is 1. The molecule has 1 saturated carbocycles. The summed E-state index contributed by atoms with van der Waals surface area (Å²) in [4.78, 5) is 0. The van der Waals surface area contributed by atoms with Crippen molar-refractivity contribution >= 4 is 11.8 Å². The van der Waals surface area contributed by atoms with Gasteiger partial charge in [0.2, 0.25) is 0 Å². The van der Waals surface area contributed by atoms with Crippen molar-refractivity contribution in [3.8, 4) is 0 Å². The van der Waals surface area contributed by atoms with E-state index < -0.39 is 0 Å². The van der Waals surface area contributed by atoms with Gasteiger partial charge in [-0.1, -0.05) is 32.1 Å². The van der Waals surface area contributed by atoms with Crippen LogP contribution < -0.4 is 0 Å². The highest BCUT2D eigenvalue weighted by Crippen LogP contribution is 2.27. The first-order valence-corrected chi connectivity index (χ1v) is 6.27. The molecule has 1 N–H and O–H groups in total. The molecule has 0 bridgehead atoms. The highest BCUT2D eigenvalue weighted by molar-refractivity contribution is 7.99. The molecule has 72 valence electrons. The van der Waals surface area contributed by atoms with Gasteiger partial charge in [-0.25, -0.2) is 0 Å². The molecule has 0 saturated heterocycles. The van der Waals surface area contributed by atoms with Crippen LogP contribution in [0.5, 0.6) is 0 Å². The summed E-state index contributed by atoms with van der Waals surface area (Å²) in [6.45, 7) is 0.343. The molecule has 0 heterocycles. The fourth-order valence-corrected chi connectivity index (χ4v) is 2.73. The largest absolute Gasteiger partial charge is 0.396 e. The molecule has 0 spiro atoms. The Hall–Kier alpha value is 0.310. The van der Waals surface area contributed by atoms with Crippen LogP contribution in [0.25, 0.3) is 0 Å². The van der Waals surface area contributed by atoms with E-state index in [1.807, 2.05) is 11.8 Å². The summed E-state index contributed by atoms with van der Waals surface area (Å²) >= 11 is 1.90. The molecule has 1 nitrogen and oxygen atoms in total. The summed E-state index contributed by atoms with van der Waals surface area (Å²) in [6.07, 6.45) is 8.66. The third kappa shape index (κ3) is 4.36. The monoisotopic (exact) mass is 188 g/mol. The summed E-state index contributed by atoms with van der Waals surface area (Å²) in [7, 11) is 0. The highest BCUT2D eigenvalue weighted by atomic mass is 32.2. The third-order valence-corrected chi connectivity index (χ3v) is 3.63. The fraction of sp³-hybridized carbons (Fsp3) is 1.00. The second kappa shape index (κ2) is 6.79. The Morgan fingerprint density at radius 2 is 1.83 bits per heavy atom. The molecule has 0 aliphatic heterocycles. The molecule has 0 amide bonds. The summed E-state index contributed by atoms with van der Waals surface area (Å²) < 4.78 is 0. The topological polar surface area (TPSA) is 20.2 Å². The zero-order valence-corrected chi connectivity index (χ0v) is 8.61. The Morgan fingerprint density at radius 3 is 2.50 bits per heavy atom. The van der Waals surface area contributed by atoms with Crippen LogP contribution in [0, 0.1) is 5.92 Å². The molecule has 0 unspecified atom stereocenters. The van der Waals surface area contributed by atoms with E-state index in [1.54, 1.807) is 0 Å². The van der Waals surface area contributed by atoms with Gasteiger partial charge in [0.1, 0.15) is 0 Å². The fourth-order valence-electron chi connectivity index (χ4n) is 1.89. The van der Waals surface area contributed by atoms with Crippen LogP contribution in [0.15, 0.2) is 0 Å². The minimum absolute atomic E-state index is 0.343. The van der Waals surface area contributed by atoms with Gasteiger partial charge in [0, 0.05) is 5.75 Å². The number of aliphatic hydroxyl groups is 1. The third-order valence-electron chi connectivity index (χ3n) is 2.63. The van der Waals surface area contributed by atoms with Gasteiger partial charge in [-0.15, -0.1) is 0 Å². The van der Waals surface area contributed by atoms with Gasteiger partial charge in [-0.05, 0) is 18.1 Å². The predicted molar refractivity (Wildman–Crippen MR) is 55.6 cm³/mol. The average molecular weight is 188 g/mol. The Balaban J connectivity index is 1.91. The maximum atomic E-state index is 8.58. The lowest BCUT2D eigenvalue weighted by Gasteiger charge is -2.20. The lowest BCUT2D eigenvalue weighted by molar-refractivity contribution is 0.322. The van der Waals surface area contributed by atoms with Crippen molar-refractivity contribution in [1.29, 1.82) is 0 Å². The lowest BCUT2D eigenvalue weighted by atomic mass is 9.88. The quantitative estimate of drug-likeness (QED) is 0.669. The number of aliphatic hydroxyl groups excluding tert-OH is 1. The summed E-state index contributed by atoms with van der Waals surface area (Å²) in [5.41, 5.74) is 0. The zero-order valence-electron chi connectivity index (χ0n) is 7.80. The van der Waals surface area contributed by atoms with Crippen LogP contribution in [0.1, 0.15) is 38.5 Å². The van der Waals surface area contributed by atoms with Crippen LogP contribution in [0.2, 0.25) is 0 Å². The van der Waals surface area contributed by atoms with Gasteiger partial charge in [-0.2, -0.15) is 11.8 Å². The Morgan fingerprint density at radius 1 is 1.08 bits per heavy atom. The van der Waals surface area contributed by atoms with Crippen molar-refractivity contribution in [2.45, 2.75) is 38.5 Å². The van der Waals surface area contributed by atoms with Crippen molar-refractivity contribution in [1.82, 2.24) is 0 Å². The summed E-state index contributed by atoms with van der Waals surface area (Å²) in [6, 6.07) is 0. The highest BCUT2D eigenvalue weighted by Gasteiger charge is 2.12. The number of rotatable bonds is 5. The molecule has 1 fully saturated rings. The Labute approximate surface area is 79.9 Å². The van der Waals surface area contributed by atoms with Crippen molar-refractivity contribution < 1.29 is 5.11 Å². The predicted octanol–water partition coefficient (Wildman–Crippen LogP) is 2.68. The maximum absolute atomic E-state index is 8.58. The van der Waals surface area contributed by atoms with Crippen LogP contribution in [0.3, 0.4) is 0 Å². The molecule has 0 aromatic heterocycles. The second-order valence-corrected chi connectivity index (χ2v) is 4.85. The smallest absolute Gasteiger partial charge is 0.0521 e. The average Bonchev–Trinajstić information content (AvgIpc) is 2.14. The molecule has 1 aliphatic carbocycles. The zero-order chi connectivity index (χ0) is 8.65. The minimum Gasteiger partial charge on any atom is -0.396 e. The lowest BCUT2D eigenvalue weighted by Crippen LogP contribution is -2.07. The molecular formula is C10H20OS. The van der Waals surface area contributed by atoms with Crippen LogP contribution in [-0.2, 0) is 0 Å². The second-order valence-electron chi connectivity index (χ2n) is 3.63. The summed E-state index contributed by atoms with van der Waals surface area (Å²) in [5.74, 6) is 3.18. The van der Waals surface area contributed by atoms with E-state index in [9.17, 15) is 0 Å². The van der Waals surface area contributed by atoms with Crippen LogP contribution in [-0.4, -0.2) is 23.2 Å². The molecule has 0 aromatic carbocycles. The molecule has 0 aromatic rings. The van der Waals surface area contributed by atoms with E-state index in [2.05, 4.69) is 0 Å². The van der Waals surface area contributed by atoms with Crippen LogP contribution in [0.4, 0.5) is 0 Å². The normalized spacial score (nSPS) is 19.8. The van der Waals surface area contributed by atoms with Gasteiger partial charge in [0.25, 0.3) is 0 Å². The van der Waals surface area contributed by atoms with Gasteiger partial charge < -0.3 is 5.11 Å². The van der Waals surface area contributed by atoms with Crippen LogP contribution >= 0.6 is 11.8 Å². The molecule has 2 heteroatoms. The molecule has 1 rings (SSSR count). The summed E-state index contributed by atoms with van der Waals surface area (Å²) in [5, 5.41) is 8.58. The Bertz CT molecular complexity index is 100. The van der Waals surface area contributed by atoms with Gasteiger partial charge >= 0.3 is 0 Å². The molecule has 1 aliphatic rings. The van der Waals surface area contributed by atoms with Crippen molar-refractivity contribution in [3.05, 3.63) is 0 Å². The Kier molecular flexibility index (Phi) is 5.88. The van der Waals surface area contributed by atoms with E-state index >= 15 is 0 Å². The minimum atomic E-state index is 0.343. The first-order chi connectivity index (χ1) is 5.93. The first-order valence-electron chi connectivity index (χ1n) is 5.12. The van der Waals surface area contributed by atoms with Gasteiger partial charge in [0.05, 0.1) is 6.61 Å². The van der Waals surface area contributed by atoms with Crippen molar-refractivity contribution in [2.24, 2.45) is 5.92 Å². The standard InChI is InChI=1S/C10H20OS/c11-7-9-12-8-6-10-4-2-1-3-5-10/h10-11H,1-9H2. The van der Waals surface area contributed by atoms with Crippen molar-refractivity contribution in [3.63, 3.8) is 0 Å². The maximum Gasteiger partial charge on any atom is 0.0521 e. The van der Waals surface area contributed by atoms with E-state index in [0.717, 1.165) is 11.7 Å². The molecule has 0 radical (unpaired) electrons. The van der Waals surface area contributed by atoms with E-state index in [0.29, 0.717) is 6.61 Å². The molecule has 12 heavy (non-hydrogen) atoms. The van der Waals surface area contributed by atoms with E-state index in [4.69, 9.17) is 5.11 Å². The molecular weight excluding hydrogens is 168 g/mol. The SMILES string of the molecule is OCCSCCC1CCCCC1.